The highest BCUT2D eigenvalue weighted by atomic mass is 31.2. The number of rotatable bonds is 7. The third kappa shape index (κ3) is 8.49. The zero-order chi connectivity index (χ0) is 13.5. The molecule has 100 valence electrons. The van der Waals surface area contributed by atoms with Crippen molar-refractivity contribution in [1.82, 2.24) is 0 Å². The molecule has 4 N–H and O–H groups in total. The van der Waals surface area contributed by atoms with Crippen LogP contribution < -0.4 is 0 Å². The topological polar surface area (TPSA) is 151 Å². The van der Waals surface area contributed by atoms with Gasteiger partial charge in [-0.2, -0.15) is 0 Å². The first-order valence-corrected chi connectivity index (χ1v) is 6.22. The maximum atomic E-state index is 10.8. The summed E-state index contributed by atoms with van der Waals surface area (Å²) in [5, 5.41) is 16.4. The number of unbranched alkanes of at least 4 members (excludes halogenated alkanes) is 1. The minimum atomic E-state index is -4.66. The van der Waals surface area contributed by atoms with Gasteiger partial charge < -0.3 is 29.5 Å². The van der Waals surface area contributed by atoms with Gasteiger partial charge in [-0.1, -0.05) is 0 Å². The average molecular weight is 272 g/mol. The van der Waals surface area contributed by atoms with Crippen molar-refractivity contribution in [3.05, 3.63) is 0 Å². The minimum Gasteiger partial charge on any atom is -0.450 e. The molecular weight excluding hydrogens is 259 g/mol. The number of hydrogen-bond acceptors (Lipinski definition) is 5. The summed E-state index contributed by atoms with van der Waals surface area (Å²) < 4.78 is 19.0. The molecule has 0 saturated heterocycles. The first kappa shape index (κ1) is 15.7. The molecule has 1 unspecified atom stereocenters. The van der Waals surface area contributed by atoms with E-state index < -0.39 is 25.8 Å². The summed E-state index contributed by atoms with van der Waals surface area (Å²) in [7, 11) is -4.66. The highest BCUT2D eigenvalue weighted by Crippen LogP contribution is 2.44. The quantitative estimate of drug-likeness (QED) is 0.302. The third-order valence-corrected chi connectivity index (χ3v) is 2.80. The Bertz CT molecular complexity index is 308. The van der Waals surface area contributed by atoms with Crippen molar-refractivity contribution in [2.45, 2.75) is 25.1 Å². The maximum absolute atomic E-state index is 10.8. The van der Waals surface area contributed by atoms with Crippen molar-refractivity contribution in [1.29, 1.82) is 0 Å². The Balaban J connectivity index is 3.97. The number of hydrogen-bond donors (Lipinski definition) is 4. The van der Waals surface area contributed by atoms with Crippen molar-refractivity contribution in [2.24, 2.45) is 0 Å². The van der Waals surface area contributed by atoms with Gasteiger partial charge in [-0.25, -0.2) is 9.59 Å². The van der Waals surface area contributed by atoms with Crippen molar-refractivity contribution < 1.29 is 43.6 Å². The second-order valence-electron chi connectivity index (χ2n) is 3.04. The van der Waals surface area contributed by atoms with E-state index in [1.54, 1.807) is 0 Å². The first-order chi connectivity index (χ1) is 7.73. The third-order valence-electron chi connectivity index (χ3n) is 1.68. The largest absolute Gasteiger partial charge is 0.506 e. The van der Waals surface area contributed by atoms with Gasteiger partial charge >= 0.3 is 19.9 Å². The summed E-state index contributed by atoms with van der Waals surface area (Å²) in [6, 6.07) is 0. The summed E-state index contributed by atoms with van der Waals surface area (Å²) in [5.74, 6) is -1.73. The Kier molecular flexibility index (Phi) is 6.55. The zero-order valence-corrected chi connectivity index (χ0v) is 9.58. The fourth-order valence-electron chi connectivity index (χ4n) is 0.993. The van der Waals surface area contributed by atoms with E-state index in [9.17, 15) is 14.2 Å². The summed E-state index contributed by atoms with van der Waals surface area (Å²) >= 11 is 0. The molecule has 0 aromatic heterocycles. The molecule has 0 radical (unpaired) electrons. The molecular formula is C7H13O9P. The fourth-order valence-corrected chi connectivity index (χ4v) is 1.74. The van der Waals surface area contributed by atoms with Crippen LogP contribution in [-0.2, 0) is 14.0 Å². The van der Waals surface area contributed by atoms with Crippen LogP contribution >= 0.6 is 7.60 Å². The molecule has 9 nitrogen and oxygen atoms in total. The number of carbonyl (C=O) groups is 2. The molecule has 0 aromatic rings. The predicted octanol–water partition coefficient (Wildman–Crippen LogP) is 1.05. The van der Waals surface area contributed by atoms with E-state index >= 15 is 0 Å². The van der Waals surface area contributed by atoms with Gasteiger partial charge in [-0.05, 0) is 19.3 Å². The SMILES string of the molecule is O=C(O)OCCCCC(OC(=O)O)P(=O)(O)O. The second kappa shape index (κ2) is 7.10. The molecule has 0 saturated carbocycles. The molecule has 0 fully saturated rings. The standard InChI is InChI=1S/C7H13O9P/c8-6(9)15-4-2-1-3-5(16-7(10)11)17(12,13)14/h5H,1-4H2,(H,8,9)(H,10,11)(H2,12,13,14). The van der Waals surface area contributed by atoms with Crippen LogP contribution in [0.25, 0.3) is 0 Å². The molecule has 0 aliphatic rings. The second-order valence-corrected chi connectivity index (χ2v) is 4.79. The van der Waals surface area contributed by atoms with Crippen molar-refractivity contribution in [3.63, 3.8) is 0 Å². The molecule has 17 heavy (non-hydrogen) atoms. The molecule has 0 aliphatic heterocycles. The van der Waals surface area contributed by atoms with Crippen LogP contribution in [0.15, 0.2) is 0 Å². The van der Waals surface area contributed by atoms with Gasteiger partial charge in [0.2, 0.25) is 5.85 Å². The lowest BCUT2D eigenvalue weighted by atomic mass is 10.2. The Morgan fingerprint density at radius 3 is 2.12 bits per heavy atom. The Morgan fingerprint density at radius 2 is 1.71 bits per heavy atom. The van der Waals surface area contributed by atoms with Gasteiger partial charge in [0.1, 0.15) is 0 Å². The van der Waals surface area contributed by atoms with Crippen LogP contribution in [0.5, 0.6) is 0 Å². The molecule has 0 aliphatic carbocycles. The van der Waals surface area contributed by atoms with Gasteiger partial charge in [0.05, 0.1) is 6.61 Å². The summed E-state index contributed by atoms with van der Waals surface area (Å²) in [6.07, 6.45) is -3.06. The van der Waals surface area contributed by atoms with Gasteiger partial charge in [-0.3, -0.25) is 4.57 Å². The highest BCUT2D eigenvalue weighted by molar-refractivity contribution is 7.52. The number of ether oxygens (including phenoxy) is 2. The molecule has 0 spiro atoms. The van der Waals surface area contributed by atoms with Crippen molar-refractivity contribution >= 4 is 19.9 Å². The highest BCUT2D eigenvalue weighted by Gasteiger charge is 2.32. The van der Waals surface area contributed by atoms with E-state index in [1.807, 2.05) is 0 Å². The molecule has 10 heteroatoms. The van der Waals surface area contributed by atoms with Gasteiger partial charge in [0.25, 0.3) is 0 Å². The molecule has 1 atom stereocenters. The monoisotopic (exact) mass is 272 g/mol. The van der Waals surface area contributed by atoms with E-state index in [0.717, 1.165) is 0 Å². The summed E-state index contributed by atoms with van der Waals surface area (Å²) in [4.78, 5) is 37.7. The Hall–Kier alpha value is -1.31. The zero-order valence-electron chi connectivity index (χ0n) is 8.68. The average Bonchev–Trinajstić information content (AvgIpc) is 2.12. The smallest absolute Gasteiger partial charge is 0.450 e. The lowest BCUT2D eigenvalue weighted by Gasteiger charge is -2.16. The molecule has 0 heterocycles. The van der Waals surface area contributed by atoms with Gasteiger partial charge in [0, 0.05) is 0 Å². The Morgan fingerprint density at radius 1 is 1.12 bits per heavy atom. The van der Waals surface area contributed by atoms with E-state index in [0.29, 0.717) is 0 Å². The van der Waals surface area contributed by atoms with Crippen LogP contribution in [0.2, 0.25) is 0 Å². The lowest BCUT2D eigenvalue weighted by Crippen LogP contribution is -2.17. The Labute approximate surface area is 96.1 Å². The molecule has 0 bridgehead atoms. The summed E-state index contributed by atoms with van der Waals surface area (Å²) in [5.41, 5.74) is 0. The van der Waals surface area contributed by atoms with Gasteiger partial charge in [0.15, 0.2) is 0 Å². The van der Waals surface area contributed by atoms with E-state index in [4.69, 9.17) is 20.0 Å². The van der Waals surface area contributed by atoms with Crippen molar-refractivity contribution in [3.8, 4) is 0 Å². The predicted molar refractivity (Wildman–Crippen MR) is 52.8 cm³/mol. The van der Waals surface area contributed by atoms with Crippen LogP contribution in [0.4, 0.5) is 9.59 Å². The van der Waals surface area contributed by atoms with E-state index in [-0.39, 0.29) is 25.9 Å². The first-order valence-electron chi connectivity index (χ1n) is 4.54. The van der Waals surface area contributed by atoms with E-state index in [2.05, 4.69) is 9.47 Å². The minimum absolute atomic E-state index is 0.129. The van der Waals surface area contributed by atoms with Crippen molar-refractivity contribution in [2.75, 3.05) is 6.61 Å². The van der Waals surface area contributed by atoms with Crippen LogP contribution in [0.1, 0.15) is 19.3 Å². The van der Waals surface area contributed by atoms with Crippen LogP contribution in [0.3, 0.4) is 0 Å². The molecule has 0 rings (SSSR count). The van der Waals surface area contributed by atoms with E-state index in [1.165, 1.54) is 0 Å². The normalized spacial score (nSPS) is 12.8. The van der Waals surface area contributed by atoms with Crippen LogP contribution in [-0.4, -0.2) is 44.8 Å². The summed E-state index contributed by atoms with van der Waals surface area (Å²) in [6.45, 7) is -0.129. The number of carboxylic acid groups (broad SMARTS) is 2. The maximum Gasteiger partial charge on any atom is 0.506 e. The van der Waals surface area contributed by atoms with Crippen LogP contribution in [0, 0.1) is 0 Å². The van der Waals surface area contributed by atoms with Gasteiger partial charge in [-0.15, -0.1) is 0 Å². The fraction of sp³-hybridized carbons (Fsp3) is 0.714. The molecule has 0 amide bonds. The lowest BCUT2D eigenvalue weighted by molar-refractivity contribution is 0.0641. The molecule has 0 aromatic carbocycles.